The smallest absolute Gasteiger partial charge is 0.356 e. The standard InChI is InChI=1S/2NO3.H3N.Ni/c2*2-1(3)4;;/h;;1H3;/q2*-1;;+2. The summed E-state index contributed by atoms with van der Waals surface area (Å²) in [5.74, 6) is 0. The number of hydrogen-bond acceptors (Lipinski definition) is 7. The summed E-state index contributed by atoms with van der Waals surface area (Å²) < 4.78 is 0. The minimum Gasteiger partial charge on any atom is -0.356 e. The molecule has 0 fully saturated rings. The van der Waals surface area contributed by atoms with Crippen LogP contribution in [0.2, 0.25) is 0 Å². The molecule has 0 atom stereocenters. The first-order valence-electron chi connectivity index (χ1n) is 1.10. The van der Waals surface area contributed by atoms with E-state index in [1.165, 1.54) is 0 Å². The summed E-state index contributed by atoms with van der Waals surface area (Å²) in [7, 11) is 0. The number of nitrogens with zero attached hydrogens (tertiary/aromatic N) is 2. The Morgan fingerprint density at radius 3 is 0.800 bits per heavy atom. The van der Waals surface area contributed by atoms with Gasteiger partial charge in [0.25, 0.3) is 0 Å². The van der Waals surface area contributed by atoms with Crippen LogP contribution in [0.4, 0.5) is 0 Å². The van der Waals surface area contributed by atoms with Crippen LogP contribution in [0.5, 0.6) is 0 Å². The molecule has 0 amide bonds. The SMILES string of the molecule is N.O=[N+]([O-])[O-].O=[N+]([O-])[O-].[Ni+2]. The van der Waals surface area contributed by atoms with Crippen LogP contribution in [0.15, 0.2) is 0 Å². The van der Waals surface area contributed by atoms with E-state index in [1.807, 2.05) is 0 Å². The van der Waals surface area contributed by atoms with Crippen molar-refractivity contribution < 1.29 is 26.7 Å². The summed E-state index contributed by atoms with van der Waals surface area (Å²) >= 11 is 0. The molecule has 0 bridgehead atoms. The molecule has 0 aromatic heterocycles. The topological polar surface area (TPSA) is 167 Å². The van der Waals surface area contributed by atoms with Crippen LogP contribution in [0.1, 0.15) is 0 Å². The van der Waals surface area contributed by atoms with Crippen molar-refractivity contribution in [2.24, 2.45) is 0 Å². The van der Waals surface area contributed by atoms with E-state index in [0.717, 1.165) is 0 Å². The van der Waals surface area contributed by atoms with Gasteiger partial charge in [-0.15, -0.1) is 0 Å². The third-order valence-electron chi connectivity index (χ3n) is 0. The molecule has 0 aliphatic carbocycles. The van der Waals surface area contributed by atoms with Gasteiger partial charge in [-0.05, 0) is 0 Å². The van der Waals surface area contributed by atoms with Crippen LogP contribution in [0.25, 0.3) is 0 Å². The van der Waals surface area contributed by atoms with Gasteiger partial charge in [0.2, 0.25) is 0 Å². The molecule has 0 aromatic rings. The molecule has 0 radical (unpaired) electrons. The molecule has 0 unspecified atom stereocenters. The molecule has 0 heterocycles. The Morgan fingerprint density at radius 2 is 0.800 bits per heavy atom. The summed E-state index contributed by atoms with van der Waals surface area (Å²) in [5, 5.41) is 29.5. The number of hydrogen-bond donors (Lipinski definition) is 1. The van der Waals surface area contributed by atoms with Gasteiger partial charge >= 0.3 is 16.5 Å². The van der Waals surface area contributed by atoms with Crippen molar-refractivity contribution >= 4 is 0 Å². The van der Waals surface area contributed by atoms with Crippen molar-refractivity contribution in [3.05, 3.63) is 30.6 Å². The predicted octanol–water partition coefficient (Wildman–Crippen LogP) is -0.319. The molecule has 0 aliphatic rings. The maximum Gasteiger partial charge on any atom is 2.00 e. The van der Waals surface area contributed by atoms with Crippen molar-refractivity contribution in [2.75, 3.05) is 0 Å². The van der Waals surface area contributed by atoms with Gasteiger partial charge in [0.15, 0.2) is 0 Å². The number of rotatable bonds is 0. The molecule has 64 valence electrons. The summed E-state index contributed by atoms with van der Waals surface area (Å²) in [6.45, 7) is 0. The van der Waals surface area contributed by atoms with Gasteiger partial charge < -0.3 is 36.8 Å². The van der Waals surface area contributed by atoms with Gasteiger partial charge in [-0.3, -0.25) is 0 Å². The zero-order valence-corrected chi connectivity index (χ0v) is 5.35. The minimum absolute atomic E-state index is 0. The van der Waals surface area contributed by atoms with Crippen molar-refractivity contribution in [2.45, 2.75) is 0 Å². The molecule has 3 N–H and O–H groups in total. The van der Waals surface area contributed by atoms with E-state index in [-0.39, 0.29) is 22.6 Å². The third kappa shape index (κ3) is 179. The second-order valence-corrected chi connectivity index (χ2v) is 0.447. The van der Waals surface area contributed by atoms with Crippen LogP contribution in [-0.4, -0.2) is 10.2 Å². The van der Waals surface area contributed by atoms with E-state index in [2.05, 4.69) is 0 Å². The van der Waals surface area contributed by atoms with Gasteiger partial charge in [0.05, 0.1) is 10.2 Å². The summed E-state index contributed by atoms with van der Waals surface area (Å²) in [5.41, 5.74) is 0. The maximum atomic E-state index is 8.25. The molecule has 0 saturated carbocycles. The van der Waals surface area contributed by atoms with Gasteiger partial charge in [-0.1, -0.05) is 0 Å². The van der Waals surface area contributed by atoms with Crippen molar-refractivity contribution in [1.29, 1.82) is 0 Å². The van der Waals surface area contributed by atoms with Crippen molar-refractivity contribution in [3.63, 3.8) is 0 Å². The average Bonchev–Trinajstić information content (AvgIpc) is 1.25. The van der Waals surface area contributed by atoms with Crippen LogP contribution in [0.3, 0.4) is 0 Å². The molecular weight excluding hydrogens is 197 g/mol. The summed E-state index contributed by atoms with van der Waals surface area (Å²) in [4.78, 5) is 16.5. The Balaban J connectivity index is -0.0000000300. The Labute approximate surface area is 64.4 Å². The molecule has 0 aromatic carbocycles. The Kier molecular flexibility index (Phi) is 36.3. The minimum atomic E-state index is -1.75. The predicted molar refractivity (Wildman–Crippen MR) is 25.7 cm³/mol. The van der Waals surface area contributed by atoms with Crippen LogP contribution in [-0.2, 0) is 16.5 Å². The third-order valence-corrected chi connectivity index (χ3v) is 0. The zero-order valence-electron chi connectivity index (χ0n) is 4.37. The molecule has 0 saturated heterocycles. The normalized spacial score (nSPS) is 4.80. The molecule has 9 nitrogen and oxygen atoms in total. The van der Waals surface area contributed by atoms with Gasteiger partial charge in [0, 0.05) is 0 Å². The van der Waals surface area contributed by atoms with E-state index in [9.17, 15) is 0 Å². The van der Waals surface area contributed by atoms with E-state index >= 15 is 0 Å². The molecule has 0 aliphatic heterocycles. The Hall–Kier alpha value is -1.15. The Bertz CT molecular complexity index is 71.0. The van der Waals surface area contributed by atoms with Crippen LogP contribution < -0.4 is 6.15 Å². The van der Waals surface area contributed by atoms with E-state index in [1.54, 1.807) is 0 Å². The summed E-state index contributed by atoms with van der Waals surface area (Å²) in [6.07, 6.45) is 0. The van der Waals surface area contributed by atoms with Crippen molar-refractivity contribution in [1.82, 2.24) is 6.15 Å². The quantitative estimate of drug-likeness (QED) is 0.317. The monoisotopic (exact) mass is 199 g/mol. The largest absolute Gasteiger partial charge is 2.00 e. The molecule has 10 heteroatoms. The Morgan fingerprint density at radius 1 is 0.800 bits per heavy atom. The molecule has 0 spiro atoms. The maximum absolute atomic E-state index is 8.25. The first-order chi connectivity index (χ1) is 3.46. The van der Waals surface area contributed by atoms with Crippen LogP contribution in [0, 0.1) is 30.6 Å². The first-order valence-corrected chi connectivity index (χ1v) is 1.10. The first kappa shape index (κ1) is 23.2. The van der Waals surface area contributed by atoms with E-state index in [4.69, 9.17) is 30.6 Å². The molecular formula is H3N3NiO6. The second kappa shape index (κ2) is 15.7. The van der Waals surface area contributed by atoms with Gasteiger partial charge in [-0.2, -0.15) is 0 Å². The zero-order chi connectivity index (χ0) is 7.15. The van der Waals surface area contributed by atoms with E-state index in [0.29, 0.717) is 0 Å². The van der Waals surface area contributed by atoms with Crippen molar-refractivity contribution in [3.8, 4) is 0 Å². The van der Waals surface area contributed by atoms with Gasteiger partial charge in [-0.25, -0.2) is 0 Å². The fraction of sp³-hybridized carbons (Fsp3) is 0. The van der Waals surface area contributed by atoms with Crippen LogP contribution >= 0.6 is 0 Å². The second-order valence-electron chi connectivity index (χ2n) is 0.447. The van der Waals surface area contributed by atoms with E-state index < -0.39 is 10.2 Å². The molecule has 10 heavy (non-hydrogen) atoms. The molecule has 0 rings (SSSR count). The average molecular weight is 200 g/mol. The fourth-order valence-corrected chi connectivity index (χ4v) is 0. The fourth-order valence-electron chi connectivity index (χ4n) is 0. The van der Waals surface area contributed by atoms with Gasteiger partial charge in [0.1, 0.15) is 0 Å². The summed E-state index contributed by atoms with van der Waals surface area (Å²) in [6, 6.07) is 0.